The van der Waals surface area contributed by atoms with Crippen molar-refractivity contribution in [3.8, 4) is 0 Å². The molecule has 0 bridgehead atoms. The third-order valence-electron chi connectivity index (χ3n) is 3.33. The second-order valence-corrected chi connectivity index (χ2v) is 7.49. The summed E-state index contributed by atoms with van der Waals surface area (Å²) in [5.74, 6) is -0.813. The van der Waals surface area contributed by atoms with Crippen LogP contribution in [-0.2, 0) is 14.8 Å². The van der Waals surface area contributed by atoms with E-state index in [-0.39, 0.29) is 11.3 Å². The summed E-state index contributed by atoms with van der Waals surface area (Å²) in [6.45, 7) is 0. The van der Waals surface area contributed by atoms with Gasteiger partial charge in [0.1, 0.15) is 0 Å². The van der Waals surface area contributed by atoms with Crippen LogP contribution in [0.4, 0.5) is 5.69 Å². The quantitative estimate of drug-likeness (QED) is 0.665. The summed E-state index contributed by atoms with van der Waals surface area (Å²) >= 11 is 5.78. The van der Waals surface area contributed by atoms with Crippen molar-refractivity contribution >= 4 is 39.4 Å². The Hall–Kier alpha value is -2.31. The average Bonchev–Trinajstić information content (AvgIpc) is 2.54. The summed E-state index contributed by atoms with van der Waals surface area (Å²) in [5.41, 5.74) is 1.27. The number of hydrogen-bond acceptors (Lipinski definition) is 3. The van der Waals surface area contributed by atoms with Crippen molar-refractivity contribution in [1.29, 1.82) is 0 Å². The lowest BCUT2D eigenvalue weighted by atomic mass is 10.1. The SMILES string of the molecule is O=C(O)CCC/C=C\c1cccc(NS(=O)(=O)c2ccc(Cl)cc2)c1. The van der Waals surface area contributed by atoms with Crippen LogP contribution in [0.15, 0.2) is 59.5 Å². The van der Waals surface area contributed by atoms with Crippen LogP contribution in [0.1, 0.15) is 24.8 Å². The highest BCUT2D eigenvalue weighted by atomic mass is 35.5. The molecular formula is C18H18ClNO4S. The van der Waals surface area contributed by atoms with Gasteiger partial charge in [0, 0.05) is 17.1 Å². The van der Waals surface area contributed by atoms with Crippen molar-refractivity contribution in [3.63, 3.8) is 0 Å². The molecule has 2 aromatic carbocycles. The number of hydrogen-bond donors (Lipinski definition) is 2. The molecule has 0 spiro atoms. The Kier molecular flexibility index (Phi) is 6.61. The highest BCUT2D eigenvalue weighted by Crippen LogP contribution is 2.19. The van der Waals surface area contributed by atoms with E-state index in [1.165, 1.54) is 24.3 Å². The second kappa shape index (κ2) is 8.69. The Morgan fingerprint density at radius 3 is 2.56 bits per heavy atom. The number of unbranched alkanes of at least 4 members (excludes halogenated alkanes) is 1. The van der Waals surface area contributed by atoms with E-state index in [0.717, 1.165) is 5.56 Å². The Labute approximate surface area is 152 Å². The Balaban J connectivity index is 2.04. The van der Waals surface area contributed by atoms with Crippen LogP contribution < -0.4 is 4.72 Å². The molecule has 0 radical (unpaired) electrons. The molecule has 7 heteroatoms. The van der Waals surface area contributed by atoms with E-state index in [2.05, 4.69) is 4.72 Å². The maximum absolute atomic E-state index is 12.4. The van der Waals surface area contributed by atoms with E-state index >= 15 is 0 Å². The first-order chi connectivity index (χ1) is 11.9. The van der Waals surface area contributed by atoms with Gasteiger partial charge in [0.25, 0.3) is 10.0 Å². The summed E-state index contributed by atoms with van der Waals surface area (Å²) in [4.78, 5) is 10.6. The van der Waals surface area contributed by atoms with Crippen molar-refractivity contribution in [2.75, 3.05) is 4.72 Å². The highest BCUT2D eigenvalue weighted by Gasteiger charge is 2.13. The van der Waals surface area contributed by atoms with Crippen LogP contribution in [0, 0.1) is 0 Å². The average molecular weight is 380 g/mol. The van der Waals surface area contributed by atoms with Crippen LogP contribution in [0.5, 0.6) is 0 Å². The van der Waals surface area contributed by atoms with Crippen molar-refractivity contribution in [2.45, 2.75) is 24.2 Å². The van der Waals surface area contributed by atoms with Crippen LogP contribution in [0.2, 0.25) is 5.02 Å². The normalized spacial score (nSPS) is 11.6. The summed E-state index contributed by atoms with van der Waals surface area (Å²) in [5, 5.41) is 9.05. The van der Waals surface area contributed by atoms with Gasteiger partial charge in [-0.1, -0.05) is 35.9 Å². The Morgan fingerprint density at radius 2 is 1.88 bits per heavy atom. The van der Waals surface area contributed by atoms with Gasteiger partial charge in [-0.3, -0.25) is 9.52 Å². The molecule has 2 N–H and O–H groups in total. The van der Waals surface area contributed by atoms with E-state index in [1.807, 2.05) is 18.2 Å². The molecule has 0 atom stereocenters. The number of allylic oxidation sites excluding steroid dienone is 1. The fourth-order valence-corrected chi connectivity index (χ4v) is 3.30. The Morgan fingerprint density at radius 1 is 1.16 bits per heavy atom. The fourth-order valence-electron chi connectivity index (χ4n) is 2.12. The monoisotopic (exact) mass is 379 g/mol. The predicted molar refractivity (Wildman–Crippen MR) is 99.2 cm³/mol. The standard InChI is InChI=1S/C18H18ClNO4S/c19-15-9-11-17(12-10-15)25(23,24)20-16-7-4-6-14(13-16)5-2-1-3-8-18(21)22/h2,4-7,9-13,20H,1,3,8H2,(H,21,22)/b5-2-. The van der Waals surface area contributed by atoms with E-state index in [4.69, 9.17) is 16.7 Å². The predicted octanol–water partition coefficient (Wildman–Crippen LogP) is 4.41. The smallest absolute Gasteiger partial charge is 0.303 e. The lowest BCUT2D eigenvalue weighted by Crippen LogP contribution is -2.12. The molecule has 0 saturated carbocycles. The number of anilines is 1. The molecule has 0 amide bonds. The summed E-state index contributed by atoms with van der Waals surface area (Å²) in [7, 11) is -3.68. The zero-order chi connectivity index (χ0) is 18.3. The zero-order valence-corrected chi connectivity index (χ0v) is 14.9. The molecule has 2 aromatic rings. The topological polar surface area (TPSA) is 83.5 Å². The number of carboxylic acid groups (broad SMARTS) is 1. The number of carbonyl (C=O) groups is 1. The maximum atomic E-state index is 12.4. The third kappa shape index (κ3) is 6.25. The molecular weight excluding hydrogens is 362 g/mol. The minimum Gasteiger partial charge on any atom is -0.481 e. The van der Waals surface area contributed by atoms with Crippen LogP contribution in [0.3, 0.4) is 0 Å². The van der Waals surface area contributed by atoms with Crippen LogP contribution >= 0.6 is 11.6 Å². The van der Waals surface area contributed by atoms with Gasteiger partial charge in [0.05, 0.1) is 4.90 Å². The minimum atomic E-state index is -3.68. The third-order valence-corrected chi connectivity index (χ3v) is 4.98. The van der Waals surface area contributed by atoms with Gasteiger partial charge >= 0.3 is 5.97 Å². The first kappa shape index (κ1) is 19.0. The summed E-state index contributed by atoms with van der Waals surface area (Å²) in [6, 6.07) is 12.9. The van der Waals surface area contributed by atoms with Gasteiger partial charge in [0.15, 0.2) is 0 Å². The van der Waals surface area contributed by atoms with E-state index in [1.54, 1.807) is 18.2 Å². The van der Waals surface area contributed by atoms with E-state index in [0.29, 0.717) is 23.6 Å². The molecule has 0 aliphatic heterocycles. The second-order valence-electron chi connectivity index (χ2n) is 5.37. The van der Waals surface area contributed by atoms with Gasteiger partial charge in [-0.25, -0.2) is 8.42 Å². The van der Waals surface area contributed by atoms with Crippen molar-refractivity contribution in [1.82, 2.24) is 0 Å². The number of rotatable bonds is 8. The number of aliphatic carboxylic acids is 1. The maximum Gasteiger partial charge on any atom is 0.303 e. The molecule has 0 aliphatic carbocycles. The van der Waals surface area contributed by atoms with E-state index < -0.39 is 16.0 Å². The van der Waals surface area contributed by atoms with Crippen molar-refractivity contribution < 1.29 is 18.3 Å². The first-order valence-corrected chi connectivity index (χ1v) is 9.50. The van der Waals surface area contributed by atoms with Crippen LogP contribution in [0.25, 0.3) is 6.08 Å². The number of halogens is 1. The molecule has 0 unspecified atom stereocenters. The van der Waals surface area contributed by atoms with Crippen molar-refractivity contribution in [3.05, 3.63) is 65.2 Å². The number of nitrogens with one attached hydrogen (secondary N) is 1. The zero-order valence-electron chi connectivity index (χ0n) is 13.4. The lowest BCUT2D eigenvalue weighted by molar-refractivity contribution is -0.137. The van der Waals surface area contributed by atoms with E-state index in [9.17, 15) is 13.2 Å². The van der Waals surface area contributed by atoms with Crippen molar-refractivity contribution in [2.24, 2.45) is 0 Å². The minimum absolute atomic E-state index is 0.130. The fraction of sp³-hybridized carbons (Fsp3) is 0.167. The number of sulfonamides is 1. The van der Waals surface area contributed by atoms with Gasteiger partial charge in [-0.2, -0.15) is 0 Å². The summed E-state index contributed by atoms with van der Waals surface area (Å²) < 4.78 is 27.2. The molecule has 2 rings (SSSR count). The van der Waals surface area contributed by atoms with Crippen LogP contribution in [-0.4, -0.2) is 19.5 Å². The number of carboxylic acids is 1. The van der Waals surface area contributed by atoms with Gasteiger partial charge in [-0.05, 0) is 54.8 Å². The molecule has 0 aliphatic rings. The molecule has 0 fully saturated rings. The molecule has 0 heterocycles. The lowest BCUT2D eigenvalue weighted by Gasteiger charge is -2.08. The molecule has 25 heavy (non-hydrogen) atoms. The number of benzene rings is 2. The largest absolute Gasteiger partial charge is 0.481 e. The molecule has 5 nitrogen and oxygen atoms in total. The molecule has 0 aromatic heterocycles. The summed E-state index contributed by atoms with van der Waals surface area (Å²) in [6.07, 6.45) is 5.05. The van der Waals surface area contributed by atoms with Gasteiger partial charge in [0.2, 0.25) is 0 Å². The first-order valence-electron chi connectivity index (χ1n) is 7.63. The molecule has 132 valence electrons. The molecule has 0 saturated heterocycles. The van der Waals surface area contributed by atoms with Gasteiger partial charge in [-0.15, -0.1) is 0 Å². The highest BCUT2D eigenvalue weighted by molar-refractivity contribution is 7.92. The van der Waals surface area contributed by atoms with Gasteiger partial charge < -0.3 is 5.11 Å². The Bertz CT molecular complexity index is 861.